The lowest BCUT2D eigenvalue weighted by atomic mass is 10.0. The summed E-state index contributed by atoms with van der Waals surface area (Å²) in [6.45, 7) is 11.4. The van der Waals surface area contributed by atoms with E-state index in [4.69, 9.17) is 9.47 Å². The molecule has 0 amide bonds. The maximum absolute atomic E-state index is 5.59. The highest BCUT2D eigenvalue weighted by atomic mass is 16.5. The zero-order valence-corrected chi connectivity index (χ0v) is 11.2. The van der Waals surface area contributed by atoms with Crippen molar-refractivity contribution >= 4 is 0 Å². The SMILES string of the molecule is CC1(C)COCCN1CCNCC1CCCO1. The molecule has 1 atom stereocenters. The lowest BCUT2D eigenvalue weighted by Crippen LogP contribution is -2.54. The Kier molecular flexibility index (Phi) is 4.79. The minimum atomic E-state index is 0.184. The van der Waals surface area contributed by atoms with Gasteiger partial charge in [0.05, 0.1) is 19.3 Å². The van der Waals surface area contributed by atoms with E-state index in [9.17, 15) is 0 Å². The fraction of sp³-hybridized carbons (Fsp3) is 1.00. The Hall–Kier alpha value is -0.160. The average Bonchev–Trinajstić information content (AvgIpc) is 2.79. The van der Waals surface area contributed by atoms with E-state index < -0.39 is 0 Å². The van der Waals surface area contributed by atoms with Crippen molar-refractivity contribution < 1.29 is 9.47 Å². The van der Waals surface area contributed by atoms with Crippen molar-refractivity contribution in [2.45, 2.75) is 38.3 Å². The second kappa shape index (κ2) is 6.14. The van der Waals surface area contributed by atoms with Gasteiger partial charge in [-0.2, -0.15) is 0 Å². The third-order valence-corrected chi connectivity index (χ3v) is 3.77. The van der Waals surface area contributed by atoms with E-state index in [2.05, 4.69) is 24.1 Å². The summed E-state index contributed by atoms with van der Waals surface area (Å²) >= 11 is 0. The van der Waals surface area contributed by atoms with Crippen LogP contribution in [0.5, 0.6) is 0 Å². The van der Waals surface area contributed by atoms with Crippen molar-refractivity contribution in [1.82, 2.24) is 10.2 Å². The number of rotatable bonds is 5. The zero-order valence-electron chi connectivity index (χ0n) is 11.2. The van der Waals surface area contributed by atoms with E-state index in [0.717, 1.165) is 46.0 Å². The molecule has 2 rings (SSSR count). The van der Waals surface area contributed by atoms with Crippen molar-refractivity contribution in [3.63, 3.8) is 0 Å². The van der Waals surface area contributed by atoms with Crippen LogP contribution in [0.25, 0.3) is 0 Å². The molecule has 17 heavy (non-hydrogen) atoms. The summed E-state index contributed by atoms with van der Waals surface area (Å²) in [6, 6.07) is 0. The molecular weight excluding hydrogens is 216 g/mol. The Morgan fingerprint density at radius 2 is 2.24 bits per heavy atom. The summed E-state index contributed by atoms with van der Waals surface area (Å²) in [4.78, 5) is 2.51. The number of nitrogens with one attached hydrogen (secondary N) is 1. The second-order valence-corrected chi connectivity index (χ2v) is 5.69. The normalized spacial score (nSPS) is 29.6. The van der Waals surface area contributed by atoms with Crippen molar-refractivity contribution in [1.29, 1.82) is 0 Å². The number of hydrogen-bond acceptors (Lipinski definition) is 4. The van der Waals surface area contributed by atoms with Crippen LogP contribution in [0.1, 0.15) is 26.7 Å². The first-order valence-electron chi connectivity index (χ1n) is 6.83. The first-order valence-corrected chi connectivity index (χ1v) is 6.83. The molecule has 1 unspecified atom stereocenters. The Morgan fingerprint density at radius 1 is 1.35 bits per heavy atom. The molecular formula is C13H26N2O2. The maximum Gasteiger partial charge on any atom is 0.0700 e. The Balaban J connectivity index is 1.60. The Labute approximate surface area is 105 Å². The molecule has 0 aromatic rings. The number of ether oxygens (including phenoxy) is 2. The van der Waals surface area contributed by atoms with Crippen LogP contribution in [0.3, 0.4) is 0 Å². The van der Waals surface area contributed by atoms with Gasteiger partial charge in [0.2, 0.25) is 0 Å². The van der Waals surface area contributed by atoms with E-state index >= 15 is 0 Å². The highest BCUT2D eigenvalue weighted by Crippen LogP contribution is 2.17. The molecule has 0 radical (unpaired) electrons. The molecule has 2 aliphatic rings. The summed E-state index contributed by atoms with van der Waals surface area (Å²) in [6.07, 6.45) is 2.89. The molecule has 0 aromatic carbocycles. The van der Waals surface area contributed by atoms with Gasteiger partial charge in [0.1, 0.15) is 0 Å². The minimum absolute atomic E-state index is 0.184. The van der Waals surface area contributed by atoms with Gasteiger partial charge in [0, 0.05) is 38.3 Å². The standard InChI is InChI=1S/C13H26N2O2/c1-13(2)11-16-9-7-15(13)6-5-14-10-12-4-3-8-17-12/h12,14H,3-11H2,1-2H3. The maximum atomic E-state index is 5.59. The molecule has 1 N–H and O–H groups in total. The molecule has 2 saturated heterocycles. The Morgan fingerprint density at radius 3 is 2.94 bits per heavy atom. The number of nitrogens with zero attached hydrogens (tertiary/aromatic N) is 1. The quantitative estimate of drug-likeness (QED) is 0.725. The highest BCUT2D eigenvalue weighted by molar-refractivity contribution is 4.84. The molecule has 0 aromatic heterocycles. The average molecular weight is 242 g/mol. The summed E-state index contributed by atoms with van der Waals surface area (Å²) in [5.41, 5.74) is 0.184. The fourth-order valence-corrected chi connectivity index (χ4v) is 2.59. The number of morpholine rings is 1. The Bertz CT molecular complexity index is 227. The van der Waals surface area contributed by atoms with E-state index in [1.807, 2.05) is 0 Å². The molecule has 2 heterocycles. The lowest BCUT2D eigenvalue weighted by Gasteiger charge is -2.42. The summed E-state index contributed by atoms with van der Waals surface area (Å²) in [5.74, 6) is 0. The van der Waals surface area contributed by atoms with Crippen molar-refractivity contribution in [3.8, 4) is 0 Å². The van der Waals surface area contributed by atoms with Gasteiger partial charge < -0.3 is 14.8 Å². The van der Waals surface area contributed by atoms with Crippen LogP contribution in [0, 0.1) is 0 Å². The van der Waals surface area contributed by atoms with Crippen LogP contribution in [-0.4, -0.2) is 62.5 Å². The molecule has 0 spiro atoms. The van der Waals surface area contributed by atoms with Crippen LogP contribution in [0.15, 0.2) is 0 Å². The van der Waals surface area contributed by atoms with Crippen LogP contribution >= 0.6 is 0 Å². The molecule has 0 saturated carbocycles. The summed E-state index contributed by atoms with van der Waals surface area (Å²) in [7, 11) is 0. The van der Waals surface area contributed by atoms with E-state index in [-0.39, 0.29) is 5.54 Å². The van der Waals surface area contributed by atoms with Gasteiger partial charge in [0.15, 0.2) is 0 Å². The van der Waals surface area contributed by atoms with E-state index in [0.29, 0.717) is 6.10 Å². The van der Waals surface area contributed by atoms with Gasteiger partial charge in [-0.25, -0.2) is 0 Å². The fourth-order valence-electron chi connectivity index (χ4n) is 2.59. The third kappa shape index (κ3) is 3.91. The van der Waals surface area contributed by atoms with Crippen LogP contribution in [0.4, 0.5) is 0 Å². The smallest absolute Gasteiger partial charge is 0.0700 e. The third-order valence-electron chi connectivity index (χ3n) is 3.77. The predicted octanol–water partition coefficient (Wildman–Crippen LogP) is 0.866. The van der Waals surface area contributed by atoms with Crippen molar-refractivity contribution in [2.24, 2.45) is 0 Å². The number of hydrogen-bond donors (Lipinski definition) is 1. The monoisotopic (exact) mass is 242 g/mol. The topological polar surface area (TPSA) is 33.7 Å². The molecule has 0 bridgehead atoms. The summed E-state index contributed by atoms with van der Waals surface area (Å²) < 4.78 is 11.1. The second-order valence-electron chi connectivity index (χ2n) is 5.69. The molecule has 4 nitrogen and oxygen atoms in total. The van der Waals surface area contributed by atoms with E-state index in [1.54, 1.807) is 0 Å². The predicted molar refractivity (Wildman–Crippen MR) is 68.3 cm³/mol. The molecule has 0 aliphatic carbocycles. The van der Waals surface area contributed by atoms with Crippen molar-refractivity contribution in [3.05, 3.63) is 0 Å². The van der Waals surface area contributed by atoms with Gasteiger partial charge in [-0.15, -0.1) is 0 Å². The van der Waals surface area contributed by atoms with Crippen LogP contribution in [-0.2, 0) is 9.47 Å². The van der Waals surface area contributed by atoms with Gasteiger partial charge >= 0.3 is 0 Å². The molecule has 4 heteroatoms. The molecule has 2 aliphatic heterocycles. The van der Waals surface area contributed by atoms with Crippen molar-refractivity contribution in [2.75, 3.05) is 46.0 Å². The first kappa shape index (κ1) is 13.3. The zero-order chi connectivity index (χ0) is 12.1. The minimum Gasteiger partial charge on any atom is -0.378 e. The molecule has 2 fully saturated rings. The van der Waals surface area contributed by atoms with Gasteiger partial charge in [-0.1, -0.05) is 0 Å². The van der Waals surface area contributed by atoms with Gasteiger partial charge in [0.25, 0.3) is 0 Å². The van der Waals surface area contributed by atoms with E-state index in [1.165, 1.54) is 12.8 Å². The van der Waals surface area contributed by atoms with Gasteiger partial charge in [-0.05, 0) is 26.7 Å². The first-order chi connectivity index (χ1) is 8.18. The van der Waals surface area contributed by atoms with Crippen LogP contribution < -0.4 is 5.32 Å². The lowest BCUT2D eigenvalue weighted by molar-refractivity contribution is -0.0502. The molecule has 100 valence electrons. The largest absolute Gasteiger partial charge is 0.378 e. The van der Waals surface area contributed by atoms with Crippen LogP contribution in [0.2, 0.25) is 0 Å². The van der Waals surface area contributed by atoms with Gasteiger partial charge in [-0.3, -0.25) is 4.90 Å². The summed E-state index contributed by atoms with van der Waals surface area (Å²) in [5, 5.41) is 3.50. The highest BCUT2D eigenvalue weighted by Gasteiger charge is 2.29.